The molecule has 1 aliphatic rings. The Labute approximate surface area is 154 Å². The summed E-state index contributed by atoms with van der Waals surface area (Å²) in [4.78, 5) is 6.59. The van der Waals surface area contributed by atoms with E-state index in [1.807, 2.05) is 11.8 Å². The first-order valence-electron chi connectivity index (χ1n) is 7.20. The molecule has 2 rings (SSSR count). The maximum Gasteiger partial charge on any atom is 0.193 e. The fourth-order valence-corrected chi connectivity index (χ4v) is 3.56. The SMILES string of the molecule is CN=C(NCC(C)(O)c1ccco1)N1CCSC(C)(C)C1.I. The minimum atomic E-state index is -1.06. The lowest BCUT2D eigenvalue weighted by molar-refractivity contribution is 0.0380. The smallest absolute Gasteiger partial charge is 0.193 e. The van der Waals surface area contributed by atoms with E-state index >= 15 is 0 Å². The zero-order chi connectivity index (χ0) is 15.5. The zero-order valence-electron chi connectivity index (χ0n) is 13.6. The van der Waals surface area contributed by atoms with Crippen LogP contribution in [0.4, 0.5) is 0 Å². The summed E-state index contributed by atoms with van der Waals surface area (Å²) in [7, 11) is 1.78. The first-order chi connectivity index (χ1) is 9.84. The predicted octanol–water partition coefficient (Wildman–Crippen LogP) is 2.51. The lowest BCUT2D eigenvalue weighted by Crippen LogP contribution is -2.52. The van der Waals surface area contributed by atoms with Crippen molar-refractivity contribution in [2.45, 2.75) is 31.1 Å². The molecule has 1 atom stereocenters. The van der Waals surface area contributed by atoms with E-state index in [2.05, 4.69) is 29.1 Å². The van der Waals surface area contributed by atoms with Crippen molar-refractivity contribution in [2.75, 3.05) is 32.4 Å². The summed E-state index contributed by atoms with van der Waals surface area (Å²) in [5.41, 5.74) is -1.06. The number of rotatable bonds is 3. The van der Waals surface area contributed by atoms with Crippen molar-refractivity contribution in [3.63, 3.8) is 0 Å². The number of furan rings is 1. The lowest BCUT2D eigenvalue weighted by atomic mass is 10.0. The number of hydrogen-bond donors (Lipinski definition) is 2. The number of nitrogens with one attached hydrogen (secondary N) is 1. The topological polar surface area (TPSA) is 61.0 Å². The van der Waals surface area contributed by atoms with Crippen LogP contribution in [0.2, 0.25) is 0 Å². The van der Waals surface area contributed by atoms with Crippen molar-refractivity contribution in [2.24, 2.45) is 4.99 Å². The number of nitrogens with zero attached hydrogens (tertiary/aromatic N) is 2. The van der Waals surface area contributed by atoms with Gasteiger partial charge in [0.2, 0.25) is 0 Å². The number of thioether (sulfide) groups is 1. The number of hydrogen-bond acceptors (Lipinski definition) is 4. The summed E-state index contributed by atoms with van der Waals surface area (Å²) >= 11 is 1.98. The Bertz CT molecular complexity index is 489. The van der Waals surface area contributed by atoms with Crippen molar-refractivity contribution in [3.05, 3.63) is 24.2 Å². The zero-order valence-corrected chi connectivity index (χ0v) is 16.8. The van der Waals surface area contributed by atoms with Gasteiger partial charge in [0.05, 0.1) is 12.8 Å². The van der Waals surface area contributed by atoms with E-state index in [0.29, 0.717) is 12.3 Å². The summed E-state index contributed by atoms with van der Waals surface area (Å²) in [6.07, 6.45) is 1.57. The molecule has 0 amide bonds. The molecule has 1 unspecified atom stereocenters. The van der Waals surface area contributed by atoms with E-state index in [1.54, 1.807) is 32.4 Å². The third kappa shape index (κ3) is 5.06. The second-order valence-corrected chi connectivity index (χ2v) is 7.98. The Kier molecular flexibility index (Phi) is 7.07. The third-order valence-corrected chi connectivity index (χ3v) is 4.88. The van der Waals surface area contributed by atoms with E-state index < -0.39 is 5.60 Å². The Hall–Kier alpha value is -0.410. The average Bonchev–Trinajstić information content (AvgIpc) is 2.93. The molecule has 0 aliphatic carbocycles. The molecule has 2 heterocycles. The highest BCUT2D eigenvalue weighted by atomic mass is 127. The largest absolute Gasteiger partial charge is 0.466 e. The van der Waals surface area contributed by atoms with Crippen molar-refractivity contribution in [3.8, 4) is 0 Å². The van der Waals surface area contributed by atoms with Crippen LogP contribution in [0.15, 0.2) is 27.8 Å². The molecule has 1 aromatic rings. The van der Waals surface area contributed by atoms with Crippen LogP contribution in [-0.2, 0) is 5.60 Å². The highest BCUT2D eigenvalue weighted by molar-refractivity contribution is 14.0. The summed E-state index contributed by atoms with van der Waals surface area (Å²) in [6, 6.07) is 3.56. The third-order valence-electron chi connectivity index (χ3n) is 3.58. The monoisotopic (exact) mass is 439 g/mol. The van der Waals surface area contributed by atoms with Crippen LogP contribution in [0.1, 0.15) is 26.5 Å². The Morgan fingerprint density at radius 2 is 2.32 bits per heavy atom. The molecule has 22 heavy (non-hydrogen) atoms. The van der Waals surface area contributed by atoms with Crippen LogP contribution >= 0.6 is 35.7 Å². The molecule has 2 N–H and O–H groups in total. The molecule has 1 saturated heterocycles. The molecule has 7 heteroatoms. The molecule has 1 aliphatic heterocycles. The van der Waals surface area contributed by atoms with Gasteiger partial charge in [-0.2, -0.15) is 11.8 Å². The molecular formula is C15H26IN3O2S. The van der Waals surface area contributed by atoms with Gasteiger partial charge in [-0.3, -0.25) is 4.99 Å². The van der Waals surface area contributed by atoms with Crippen LogP contribution in [0.3, 0.4) is 0 Å². The second kappa shape index (κ2) is 7.92. The minimum absolute atomic E-state index is 0. The van der Waals surface area contributed by atoms with E-state index in [1.165, 1.54) is 0 Å². The fourth-order valence-electron chi connectivity index (χ4n) is 2.45. The first-order valence-corrected chi connectivity index (χ1v) is 8.18. The van der Waals surface area contributed by atoms with Crippen LogP contribution in [0.25, 0.3) is 0 Å². The summed E-state index contributed by atoms with van der Waals surface area (Å²) in [6.45, 7) is 8.50. The summed E-state index contributed by atoms with van der Waals surface area (Å²) in [5.74, 6) is 2.47. The standard InChI is InChI=1S/C15H25N3O2S.HI/c1-14(2)11-18(7-9-21-14)13(16-4)17-10-15(3,19)12-6-5-8-20-12;/h5-6,8,19H,7,9-11H2,1-4H3,(H,16,17);1H. The normalized spacial score (nSPS) is 21.0. The minimum Gasteiger partial charge on any atom is -0.466 e. The van der Waals surface area contributed by atoms with Gasteiger partial charge in [-0.1, -0.05) is 0 Å². The molecule has 5 nitrogen and oxygen atoms in total. The van der Waals surface area contributed by atoms with Crippen molar-refractivity contribution < 1.29 is 9.52 Å². The Balaban J connectivity index is 0.00000242. The van der Waals surface area contributed by atoms with Crippen LogP contribution in [0.5, 0.6) is 0 Å². The molecule has 1 aromatic heterocycles. The first kappa shape index (κ1) is 19.6. The van der Waals surface area contributed by atoms with Gasteiger partial charge in [0.25, 0.3) is 0 Å². The van der Waals surface area contributed by atoms with E-state index in [0.717, 1.165) is 24.8 Å². The van der Waals surface area contributed by atoms with E-state index in [4.69, 9.17) is 4.42 Å². The highest BCUT2D eigenvalue weighted by Crippen LogP contribution is 2.29. The van der Waals surface area contributed by atoms with Crippen molar-refractivity contribution in [1.82, 2.24) is 10.2 Å². The van der Waals surface area contributed by atoms with Gasteiger partial charge >= 0.3 is 0 Å². The maximum atomic E-state index is 10.5. The predicted molar refractivity (Wildman–Crippen MR) is 103 cm³/mol. The molecule has 126 valence electrons. The molecule has 0 radical (unpaired) electrons. The van der Waals surface area contributed by atoms with Crippen LogP contribution in [0, 0.1) is 0 Å². The van der Waals surface area contributed by atoms with Gasteiger partial charge in [-0.25, -0.2) is 0 Å². The molecule has 0 saturated carbocycles. The van der Waals surface area contributed by atoms with Gasteiger partial charge < -0.3 is 19.7 Å². The van der Waals surface area contributed by atoms with Gasteiger partial charge in [0.15, 0.2) is 5.96 Å². The number of guanidine groups is 1. The summed E-state index contributed by atoms with van der Waals surface area (Å²) < 4.78 is 5.52. The van der Waals surface area contributed by atoms with Crippen molar-refractivity contribution >= 4 is 41.7 Å². The van der Waals surface area contributed by atoms with Crippen molar-refractivity contribution in [1.29, 1.82) is 0 Å². The average molecular weight is 439 g/mol. The highest BCUT2D eigenvalue weighted by Gasteiger charge is 2.31. The van der Waals surface area contributed by atoms with Crippen LogP contribution < -0.4 is 5.32 Å². The quantitative estimate of drug-likeness (QED) is 0.431. The maximum absolute atomic E-state index is 10.5. The Morgan fingerprint density at radius 1 is 1.59 bits per heavy atom. The number of aliphatic hydroxyl groups is 1. The number of aliphatic imine (C=N–C) groups is 1. The van der Waals surface area contributed by atoms with E-state index in [-0.39, 0.29) is 28.7 Å². The molecule has 1 fully saturated rings. The lowest BCUT2D eigenvalue weighted by Gasteiger charge is -2.39. The van der Waals surface area contributed by atoms with E-state index in [9.17, 15) is 5.11 Å². The number of halogens is 1. The molecule has 0 spiro atoms. The second-order valence-electron chi connectivity index (χ2n) is 6.18. The van der Waals surface area contributed by atoms with Gasteiger partial charge in [-0.15, -0.1) is 24.0 Å². The molecule has 0 bridgehead atoms. The van der Waals surface area contributed by atoms with Gasteiger partial charge in [-0.05, 0) is 32.9 Å². The van der Waals surface area contributed by atoms with Gasteiger partial charge in [0.1, 0.15) is 11.4 Å². The fraction of sp³-hybridized carbons (Fsp3) is 0.667. The molecule has 0 aromatic carbocycles. The van der Waals surface area contributed by atoms with Crippen LogP contribution in [-0.4, -0.2) is 53.1 Å². The Morgan fingerprint density at radius 3 is 2.86 bits per heavy atom. The molecular weight excluding hydrogens is 413 g/mol. The van der Waals surface area contributed by atoms with Gasteiger partial charge in [0, 0.05) is 30.6 Å². The summed E-state index contributed by atoms with van der Waals surface area (Å²) in [5, 5.41) is 13.7.